The van der Waals surface area contributed by atoms with E-state index in [-0.39, 0.29) is 0 Å². The smallest absolute Gasteiger partial charge is 0.102 e. The Labute approximate surface area is 112 Å². The first kappa shape index (κ1) is 11.4. The van der Waals surface area contributed by atoms with Gasteiger partial charge in [-0.3, -0.25) is 0 Å². The number of aryl methyl sites for hydroxylation is 1. The molecule has 2 aromatic carbocycles. The minimum absolute atomic E-state index is 0.657. The minimum Gasteiger partial charge on any atom is -0.246 e. The Bertz CT molecular complexity index is 783. The molecule has 0 saturated carbocycles. The van der Waals surface area contributed by atoms with Crippen molar-refractivity contribution >= 4 is 10.9 Å². The highest BCUT2D eigenvalue weighted by Crippen LogP contribution is 2.28. The van der Waals surface area contributed by atoms with Crippen molar-refractivity contribution in [1.82, 2.24) is 4.98 Å². The number of nitriles is 1. The zero-order valence-corrected chi connectivity index (χ0v) is 10.6. The van der Waals surface area contributed by atoms with E-state index in [9.17, 15) is 5.26 Å². The van der Waals surface area contributed by atoms with Crippen molar-refractivity contribution < 1.29 is 0 Å². The average molecular weight is 244 g/mol. The maximum atomic E-state index is 9.43. The first-order chi connectivity index (χ1) is 9.31. The quantitative estimate of drug-likeness (QED) is 0.646. The van der Waals surface area contributed by atoms with Crippen LogP contribution in [-0.4, -0.2) is 4.98 Å². The van der Waals surface area contributed by atoms with Gasteiger partial charge in [0.25, 0.3) is 0 Å². The summed E-state index contributed by atoms with van der Waals surface area (Å²) in [6.45, 7) is 1.98. The number of nitrogens with zero attached hydrogens (tertiary/aromatic N) is 2. The zero-order chi connectivity index (χ0) is 13.2. The summed E-state index contributed by atoms with van der Waals surface area (Å²) < 4.78 is 0. The molecule has 2 heteroatoms. The summed E-state index contributed by atoms with van der Waals surface area (Å²) >= 11 is 0. The number of fused-ring (bicyclic) bond motifs is 1. The number of hydrogen-bond donors (Lipinski definition) is 0. The summed E-state index contributed by atoms with van der Waals surface area (Å²) in [4.78, 5) is 4.65. The van der Waals surface area contributed by atoms with Gasteiger partial charge in [0.1, 0.15) is 6.07 Å². The highest BCUT2D eigenvalue weighted by atomic mass is 14.7. The molecule has 0 atom stereocenters. The van der Waals surface area contributed by atoms with Gasteiger partial charge in [-0.05, 0) is 18.6 Å². The molecule has 0 aliphatic heterocycles. The summed E-state index contributed by atoms with van der Waals surface area (Å²) in [5.41, 5.74) is 4.32. The molecule has 0 unspecified atom stereocenters. The zero-order valence-electron chi connectivity index (χ0n) is 10.6. The first-order valence-corrected chi connectivity index (χ1v) is 6.16. The maximum absolute atomic E-state index is 9.43. The Hall–Kier alpha value is -2.66. The van der Waals surface area contributed by atoms with E-state index in [1.54, 1.807) is 0 Å². The molecule has 19 heavy (non-hydrogen) atoms. The number of benzene rings is 2. The van der Waals surface area contributed by atoms with Crippen LogP contribution in [0.25, 0.3) is 22.2 Å². The van der Waals surface area contributed by atoms with Crippen molar-refractivity contribution in [2.24, 2.45) is 0 Å². The van der Waals surface area contributed by atoms with E-state index in [1.807, 2.05) is 61.5 Å². The summed E-state index contributed by atoms with van der Waals surface area (Å²) in [6, 6.07) is 20.1. The number of rotatable bonds is 1. The Balaban J connectivity index is 2.40. The summed E-state index contributed by atoms with van der Waals surface area (Å²) in [5.74, 6) is 0. The number of pyridine rings is 1. The number of aromatic nitrogens is 1. The molecule has 0 aliphatic carbocycles. The predicted octanol–water partition coefficient (Wildman–Crippen LogP) is 4.08. The SMILES string of the molecule is Cc1c(C#N)c(-c2ccccc2)nc2ccccc12. The molecule has 0 aliphatic rings. The fourth-order valence-corrected chi connectivity index (χ4v) is 2.32. The fraction of sp³-hybridized carbons (Fsp3) is 0.0588. The van der Waals surface area contributed by atoms with Gasteiger partial charge in [0.15, 0.2) is 0 Å². The van der Waals surface area contributed by atoms with Crippen LogP contribution in [0.3, 0.4) is 0 Å². The lowest BCUT2D eigenvalue weighted by Gasteiger charge is -2.09. The van der Waals surface area contributed by atoms with Crippen LogP contribution in [0, 0.1) is 18.3 Å². The van der Waals surface area contributed by atoms with Gasteiger partial charge in [0, 0.05) is 10.9 Å². The van der Waals surface area contributed by atoms with Crippen LogP contribution < -0.4 is 0 Å². The van der Waals surface area contributed by atoms with E-state index in [2.05, 4.69) is 11.1 Å². The molecule has 1 aromatic heterocycles. The van der Waals surface area contributed by atoms with Gasteiger partial charge in [0.2, 0.25) is 0 Å². The second-order valence-electron chi connectivity index (χ2n) is 4.46. The molecular formula is C17H12N2. The van der Waals surface area contributed by atoms with E-state index in [0.29, 0.717) is 5.56 Å². The van der Waals surface area contributed by atoms with Gasteiger partial charge in [-0.25, -0.2) is 4.98 Å². The van der Waals surface area contributed by atoms with Crippen molar-refractivity contribution in [3.63, 3.8) is 0 Å². The van der Waals surface area contributed by atoms with Gasteiger partial charge in [-0.1, -0.05) is 48.5 Å². The van der Waals surface area contributed by atoms with Crippen LogP contribution in [0.1, 0.15) is 11.1 Å². The van der Waals surface area contributed by atoms with Gasteiger partial charge in [-0.15, -0.1) is 0 Å². The molecule has 0 N–H and O–H groups in total. The Morgan fingerprint density at radius 2 is 1.63 bits per heavy atom. The van der Waals surface area contributed by atoms with E-state index in [1.165, 1.54) is 0 Å². The van der Waals surface area contributed by atoms with Gasteiger partial charge in [0.05, 0.1) is 16.8 Å². The normalized spacial score (nSPS) is 10.3. The molecule has 3 rings (SSSR count). The highest BCUT2D eigenvalue weighted by molar-refractivity contribution is 5.88. The largest absolute Gasteiger partial charge is 0.246 e. The van der Waals surface area contributed by atoms with E-state index in [0.717, 1.165) is 27.7 Å². The molecule has 3 aromatic rings. The maximum Gasteiger partial charge on any atom is 0.102 e. The van der Waals surface area contributed by atoms with Crippen LogP contribution in [0.5, 0.6) is 0 Å². The van der Waals surface area contributed by atoms with Crippen molar-refractivity contribution in [1.29, 1.82) is 5.26 Å². The van der Waals surface area contributed by atoms with Crippen molar-refractivity contribution in [3.8, 4) is 17.3 Å². The second-order valence-corrected chi connectivity index (χ2v) is 4.46. The third kappa shape index (κ3) is 1.86. The first-order valence-electron chi connectivity index (χ1n) is 6.16. The molecule has 90 valence electrons. The van der Waals surface area contributed by atoms with Crippen LogP contribution in [0.2, 0.25) is 0 Å². The number of hydrogen-bond acceptors (Lipinski definition) is 2. The molecule has 0 spiro atoms. The van der Waals surface area contributed by atoms with Gasteiger partial charge in [-0.2, -0.15) is 5.26 Å². The number of para-hydroxylation sites is 1. The standard InChI is InChI=1S/C17H12N2/c1-12-14-9-5-6-10-16(14)19-17(15(12)11-18)13-7-3-2-4-8-13/h2-10H,1H3. The van der Waals surface area contributed by atoms with Gasteiger partial charge >= 0.3 is 0 Å². The highest BCUT2D eigenvalue weighted by Gasteiger charge is 2.12. The van der Waals surface area contributed by atoms with Crippen LogP contribution in [0.15, 0.2) is 54.6 Å². The second kappa shape index (κ2) is 4.55. The third-order valence-electron chi connectivity index (χ3n) is 3.31. The average Bonchev–Trinajstić information content (AvgIpc) is 2.48. The van der Waals surface area contributed by atoms with Crippen LogP contribution in [0.4, 0.5) is 0 Å². The summed E-state index contributed by atoms with van der Waals surface area (Å²) in [6.07, 6.45) is 0. The van der Waals surface area contributed by atoms with Gasteiger partial charge < -0.3 is 0 Å². The van der Waals surface area contributed by atoms with Crippen molar-refractivity contribution in [2.45, 2.75) is 6.92 Å². The van der Waals surface area contributed by atoms with E-state index in [4.69, 9.17) is 0 Å². The minimum atomic E-state index is 0.657. The van der Waals surface area contributed by atoms with Crippen molar-refractivity contribution in [2.75, 3.05) is 0 Å². The van der Waals surface area contributed by atoms with E-state index >= 15 is 0 Å². The van der Waals surface area contributed by atoms with E-state index < -0.39 is 0 Å². The molecule has 0 amide bonds. The lowest BCUT2D eigenvalue weighted by molar-refractivity contribution is 1.32. The molecule has 0 bridgehead atoms. The summed E-state index contributed by atoms with van der Waals surface area (Å²) in [7, 11) is 0. The topological polar surface area (TPSA) is 36.7 Å². The summed E-state index contributed by atoms with van der Waals surface area (Å²) in [5, 5.41) is 10.5. The lowest BCUT2D eigenvalue weighted by Crippen LogP contribution is -1.95. The third-order valence-corrected chi connectivity index (χ3v) is 3.31. The molecule has 1 heterocycles. The Kier molecular flexibility index (Phi) is 2.74. The molecule has 0 fully saturated rings. The Morgan fingerprint density at radius 3 is 2.37 bits per heavy atom. The fourth-order valence-electron chi connectivity index (χ4n) is 2.32. The monoisotopic (exact) mass is 244 g/mol. The molecule has 0 saturated heterocycles. The molecular weight excluding hydrogens is 232 g/mol. The molecule has 0 radical (unpaired) electrons. The Morgan fingerprint density at radius 1 is 0.947 bits per heavy atom. The van der Waals surface area contributed by atoms with Crippen LogP contribution in [-0.2, 0) is 0 Å². The predicted molar refractivity (Wildman–Crippen MR) is 76.6 cm³/mol. The lowest BCUT2D eigenvalue weighted by atomic mass is 9.99. The van der Waals surface area contributed by atoms with Crippen molar-refractivity contribution in [3.05, 3.63) is 65.7 Å². The molecule has 2 nitrogen and oxygen atoms in total. The van der Waals surface area contributed by atoms with Crippen LogP contribution >= 0.6 is 0 Å².